The van der Waals surface area contributed by atoms with Crippen LogP contribution in [0.4, 0.5) is 0 Å². The number of hydrogen-bond acceptors (Lipinski definition) is 2. The van der Waals surface area contributed by atoms with E-state index in [9.17, 15) is 0 Å². The van der Waals surface area contributed by atoms with Crippen molar-refractivity contribution in [1.29, 1.82) is 0 Å². The van der Waals surface area contributed by atoms with Crippen LogP contribution in [0.15, 0.2) is 65.3 Å². The Morgan fingerprint density at radius 1 is 0.864 bits per heavy atom. The number of benzene rings is 2. The van der Waals surface area contributed by atoms with Gasteiger partial charge in [-0.15, -0.1) is 0 Å². The van der Waals surface area contributed by atoms with E-state index in [2.05, 4.69) is 61.7 Å². The van der Waals surface area contributed by atoms with Crippen molar-refractivity contribution >= 4 is 54.4 Å². The fraction of sp³-hybridized carbons (Fsp3) is 0. The lowest BCUT2D eigenvalue weighted by atomic mass is 10.1. The molecule has 3 aromatic heterocycles. The molecule has 0 spiro atoms. The van der Waals surface area contributed by atoms with E-state index < -0.39 is 0 Å². The Kier molecular flexibility index (Phi) is 2.35. The topological polar surface area (TPSA) is 30.2 Å². The summed E-state index contributed by atoms with van der Waals surface area (Å²) in [5, 5.41) is 2.22. The normalized spacial score (nSPS) is 11.9. The first-order chi connectivity index (χ1) is 10.8. The van der Waals surface area contributed by atoms with Crippen molar-refractivity contribution in [2.24, 2.45) is 0 Å². The fourth-order valence-corrected chi connectivity index (χ4v) is 3.49. The average Bonchev–Trinajstić information content (AvgIpc) is 2.94. The van der Waals surface area contributed by atoms with E-state index in [4.69, 9.17) is 4.98 Å². The van der Waals surface area contributed by atoms with Gasteiger partial charge in [0.05, 0.1) is 22.1 Å². The minimum absolute atomic E-state index is 0.954. The molecule has 3 nitrogen and oxygen atoms in total. The molecule has 4 heteroatoms. The molecule has 5 rings (SSSR count). The van der Waals surface area contributed by atoms with Crippen LogP contribution < -0.4 is 0 Å². The fourth-order valence-electron chi connectivity index (χ4n) is 3.14. The van der Waals surface area contributed by atoms with Gasteiger partial charge in [0.25, 0.3) is 0 Å². The van der Waals surface area contributed by atoms with Crippen LogP contribution in [0.1, 0.15) is 0 Å². The van der Waals surface area contributed by atoms with E-state index in [0.29, 0.717) is 0 Å². The second-order valence-corrected chi connectivity index (χ2v) is 6.24. The number of hydrogen-bond donors (Lipinski definition) is 0. The number of nitrogens with zero attached hydrogens (tertiary/aromatic N) is 3. The molecule has 0 aliphatic rings. The van der Waals surface area contributed by atoms with Crippen LogP contribution in [0.5, 0.6) is 0 Å². The van der Waals surface area contributed by atoms with Gasteiger partial charge < -0.3 is 0 Å². The summed E-state index contributed by atoms with van der Waals surface area (Å²) in [6, 6.07) is 18.6. The predicted octanol–water partition coefficient (Wildman–Crippen LogP) is 4.95. The second kappa shape index (κ2) is 4.27. The number of aromatic nitrogens is 3. The minimum Gasteiger partial charge on any atom is -0.292 e. The Morgan fingerprint density at radius 3 is 2.68 bits per heavy atom. The van der Waals surface area contributed by atoms with Gasteiger partial charge in [0, 0.05) is 21.4 Å². The molecule has 0 fully saturated rings. The maximum Gasteiger partial charge on any atom is 0.147 e. The van der Waals surface area contributed by atoms with Crippen molar-refractivity contribution in [3.8, 4) is 0 Å². The molecule has 0 bridgehead atoms. The van der Waals surface area contributed by atoms with Gasteiger partial charge in [-0.3, -0.25) is 9.38 Å². The van der Waals surface area contributed by atoms with Gasteiger partial charge in [-0.25, -0.2) is 4.98 Å². The lowest BCUT2D eigenvalue weighted by Crippen LogP contribution is -1.92. The first-order valence-electron chi connectivity index (χ1n) is 7.06. The SMILES string of the molecule is Brc1ccc2nc3c4cccnc4c4ccccc4n3c2c1. The van der Waals surface area contributed by atoms with Crippen LogP contribution >= 0.6 is 15.9 Å². The standard InChI is InChI=1S/C18H10BrN3/c19-11-7-8-14-16(10-11)22-15-6-2-1-4-12(15)17-13(18(22)21-14)5-3-9-20-17/h1-10H. The molecule has 0 aliphatic carbocycles. The van der Waals surface area contributed by atoms with Crippen LogP contribution in [0, 0.1) is 0 Å². The highest BCUT2D eigenvalue weighted by molar-refractivity contribution is 9.10. The molecule has 22 heavy (non-hydrogen) atoms. The zero-order valence-electron chi connectivity index (χ0n) is 11.5. The first-order valence-corrected chi connectivity index (χ1v) is 7.85. The van der Waals surface area contributed by atoms with E-state index in [1.165, 1.54) is 0 Å². The summed E-state index contributed by atoms with van der Waals surface area (Å²) >= 11 is 3.56. The molecular weight excluding hydrogens is 338 g/mol. The van der Waals surface area contributed by atoms with Gasteiger partial charge in [0.15, 0.2) is 0 Å². The van der Waals surface area contributed by atoms with E-state index in [1.54, 1.807) is 0 Å². The van der Waals surface area contributed by atoms with E-state index >= 15 is 0 Å². The monoisotopic (exact) mass is 347 g/mol. The number of fused-ring (bicyclic) bond motifs is 8. The van der Waals surface area contributed by atoms with Gasteiger partial charge in [-0.05, 0) is 36.4 Å². The highest BCUT2D eigenvalue weighted by Gasteiger charge is 2.13. The van der Waals surface area contributed by atoms with E-state index in [0.717, 1.165) is 43.0 Å². The number of pyridine rings is 2. The molecule has 5 aromatic rings. The molecular formula is C18H10BrN3. The summed E-state index contributed by atoms with van der Waals surface area (Å²) in [6.07, 6.45) is 1.84. The summed E-state index contributed by atoms with van der Waals surface area (Å²) in [4.78, 5) is 9.42. The van der Waals surface area contributed by atoms with Gasteiger partial charge in [0.1, 0.15) is 5.65 Å². The molecule has 2 aromatic carbocycles. The minimum atomic E-state index is 0.954. The first kappa shape index (κ1) is 12.1. The Balaban J connectivity index is 2.22. The molecule has 104 valence electrons. The third-order valence-corrected chi connectivity index (χ3v) is 4.56. The molecule has 0 atom stereocenters. The van der Waals surface area contributed by atoms with Crippen molar-refractivity contribution in [2.75, 3.05) is 0 Å². The Labute approximate surface area is 134 Å². The van der Waals surface area contributed by atoms with Crippen LogP contribution in [0.3, 0.4) is 0 Å². The maximum absolute atomic E-state index is 4.84. The Morgan fingerprint density at radius 2 is 1.73 bits per heavy atom. The molecule has 0 N–H and O–H groups in total. The number of rotatable bonds is 0. The lowest BCUT2D eigenvalue weighted by Gasteiger charge is -2.07. The molecule has 0 aliphatic heterocycles. The summed E-state index contributed by atoms with van der Waals surface area (Å²) < 4.78 is 3.27. The van der Waals surface area contributed by atoms with Crippen molar-refractivity contribution < 1.29 is 0 Å². The van der Waals surface area contributed by atoms with Crippen molar-refractivity contribution in [3.63, 3.8) is 0 Å². The van der Waals surface area contributed by atoms with Crippen LogP contribution in [0.25, 0.3) is 38.5 Å². The summed E-state index contributed by atoms with van der Waals surface area (Å²) in [7, 11) is 0. The molecule has 0 amide bonds. The number of halogens is 1. The number of imidazole rings is 1. The zero-order valence-corrected chi connectivity index (χ0v) is 13.1. The number of para-hydroxylation sites is 1. The summed E-state index contributed by atoms with van der Waals surface area (Å²) in [5.41, 5.74) is 5.18. The third-order valence-electron chi connectivity index (χ3n) is 4.07. The van der Waals surface area contributed by atoms with Gasteiger partial charge in [0.2, 0.25) is 0 Å². The average molecular weight is 348 g/mol. The quantitative estimate of drug-likeness (QED) is 0.371. The molecule has 0 saturated carbocycles. The zero-order chi connectivity index (χ0) is 14.7. The van der Waals surface area contributed by atoms with Crippen LogP contribution in [-0.4, -0.2) is 14.4 Å². The van der Waals surface area contributed by atoms with Crippen LogP contribution in [-0.2, 0) is 0 Å². The van der Waals surface area contributed by atoms with Crippen LogP contribution in [0.2, 0.25) is 0 Å². The lowest BCUT2D eigenvalue weighted by molar-refractivity contribution is 1.30. The highest BCUT2D eigenvalue weighted by atomic mass is 79.9. The second-order valence-electron chi connectivity index (χ2n) is 5.32. The highest BCUT2D eigenvalue weighted by Crippen LogP contribution is 2.31. The predicted molar refractivity (Wildman–Crippen MR) is 93.2 cm³/mol. The molecule has 0 unspecified atom stereocenters. The molecule has 0 radical (unpaired) electrons. The maximum atomic E-state index is 4.84. The molecule has 3 heterocycles. The Hall–Kier alpha value is -2.46. The smallest absolute Gasteiger partial charge is 0.147 e. The summed E-state index contributed by atoms with van der Waals surface area (Å²) in [6.45, 7) is 0. The van der Waals surface area contributed by atoms with Crippen molar-refractivity contribution in [2.45, 2.75) is 0 Å². The van der Waals surface area contributed by atoms with Crippen molar-refractivity contribution in [1.82, 2.24) is 14.4 Å². The molecule has 0 saturated heterocycles. The largest absolute Gasteiger partial charge is 0.292 e. The Bertz CT molecular complexity index is 1190. The van der Waals surface area contributed by atoms with Gasteiger partial charge >= 0.3 is 0 Å². The summed E-state index contributed by atoms with van der Waals surface area (Å²) in [5.74, 6) is 0. The van der Waals surface area contributed by atoms with E-state index in [-0.39, 0.29) is 0 Å². The van der Waals surface area contributed by atoms with E-state index in [1.807, 2.05) is 24.4 Å². The van der Waals surface area contributed by atoms with Gasteiger partial charge in [-0.1, -0.05) is 34.1 Å². The van der Waals surface area contributed by atoms with Gasteiger partial charge in [-0.2, -0.15) is 0 Å². The van der Waals surface area contributed by atoms with Crippen molar-refractivity contribution in [3.05, 3.63) is 65.3 Å². The third kappa shape index (κ3) is 1.50.